The molecule has 0 atom stereocenters. The van der Waals surface area contributed by atoms with Crippen LogP contribution < -0.4 is 19.3 Å². The summed E-state index contributed by atoms with van der Waals surface area (Å²) < 4.78 is 14.0. The molecule has 13 rings (SSSR count). The number of hydrogen-bond donors (Lipinski definition) is 0. The molecule has 0 fully saturated rings. The van der Waals surface area contributed by atoms with E-state index in [-0.39, 0.29) is 5.41 Å². The van der Waals surface area contributed by atoms with Crippen LogP contribution in [0.15, 0.2) is 243 Å². The van der Waals surface area contributed by atoms with Crippen LogP contribution in [0.2, 0.25) is 0 Å². The molecule has 11 aromatic carbocycles. The molecule has 69 heavy (non-hydrogen) atoms. The molecule has 4 heteroatoms. The summed E-state index contributed by atoms with van der Waals surface area (Å²) in [6.07, 6.45) is 0. The Morgan fingerprint density at radius 3 is 1.35 bits per heavy atom. The number of hydrogen-bond acceptors (Lipinski definition) is 4. The van der Waals surface area contributed by atoms with Crippen molar-refractivity contribution in [2.24, 2.45) is 0 Å². The van der Waals surface area contributed by atoms with E-state index in [2.05, 4.69) is 242 Å². The lowest BCUT2D eigenvalue weighted by Gasteiger charge is -2.29. The van der Waals surface area contributed by atoms with Gasteiger partial charge < -0.3 is 19.3 Å². The largest absolute Gasteiger partial charge is 0.449 e. The molecular formula is C65H46N2O2. The molecule has 1 aliphatic heterocycles. The average molecular weight is 887 g/mol. The summed E-state index contributed by atoms with van der Waals surface area (Å²) in [6.45, 7) is 4.68. The summed E-state index contributed by atoms with van der Waals surface area (Å²) >= 11 is 0. The van der Waals surface area contributed by atoms with Crippen molar-refractivity contribution in [3.8, 4) is 56.4 Å². The van der Waals surface area contributed by atoms with Crippen molar-refractivity contribution in [2.75, 3.05) is 9.80 Å². The Bertz CT molecular complexity index is 3710. The van der Waals surface area contributed by atoms with E-state index in [1.807, 2.05) is 24.3 Å². The van der Waals surface area contributed by atoms with E-state index < -0.39 is 0 Å². The van der Waals surface area contributed by atoms with E-state index in [9.17, 15) is 0 Å². The topological polar surface area (TPSA) is 24.9 Å². The van der Waals surface area contributed by atoms with Gasteiger partial charge in [0.15, 0.2) is 23.0 Å². The molecule has 0 saturated heterocycles. The van der Waals surface area contributed by atoms with Crippen LogP contribution in [0.3, 0.4) is 0 Å². The second kappa shape index (κ2) is 16.2. The third-order valence-corrected chi connectivity index (χ3v) is 14.1. The average Bonchev–Trinajstić information content (AvgIpc) is 3.63. The maximum absolute atomic E-state index is 7.01. The fraction of sp³-hybridized carbons (Fsp3) is 0.0462. The molecule has 0 aromatic heterocycles. The number of rotatable bonds is 8. The van der Waals surface area contributed by atoms with Gasteiger partial charge >= 0.3 is 0 Å². The minimum Gasteiger partial charge on any atom is -0.449 e. The van der Waals surface area contributed by atoms with Gasteiger partial charge in [-0.15, -0.1) is 0 Å². The first-order chi connectivity index (χ1) is 34.0. The maximum atomic E-state index is 7.01. The van der Waals surface area contributed by atoms with Crippen molar-refractivity contribution in [3.63, 3.8) is 0 Å². The van der Waals surface area contributed by atoms with Crippen molar-refractivity contribution in [1.82, 2.24) is 0 Å². The van der Waals surface area contributed by atoms with Crippen LogP contribution in [-0.2, 0) is 5.41 Å². The molecule has 1 aliphatic carbocycles. The molecule has 0 saturated carbocycles. The molecule has 0 amide bonds. The Kier molecular flexibility index (Phi) is 9.48. The van der Waals surface area contributed by atoms with E-state index in [0.29, 0.717) is 23.0 Å². The summed E-state index contributed by atoms with van der Waals surface area (Å²) in [6, 6.07) is 86.5. The van der Waals surface area contributed by atoms with Crippen molar-refractivity contribution < 1.29 is 9.47 Å². The molecule has 11 aromatic rings. The lowest BCUT2D eigenvalue weighted by molar-refractivity contribution is 0.362. The zero-order valence-corrected chi connectivity index (χ0v) is 38.3. The van der Waals surface area contributed by atoms with Crippen LogP contribution >= 0.6 is 0 Å². The zero-order valence-electron chi connectivity index (χ0n) is 38.3. The fourth-order valence-electron chi connectivity index (χ4n) is 10.8. The molecule has 4 nitrogen and oxygen atoms in total. The second-order valence-electron chi connectivity index (χ2n) is 18.5. The first-order valence-electron chi connectivity index (χ1n) is 23.7. The third-order valence-electron chi connectivity index (χ3n) is 14.1. The minimum absolute atomic E-state index is 0.120. The van der Waals surface area contributed by atoms with Gasteiger partial charge in [0.05, 0.1) is 0 Å². The molecule has 0 N–H and O–H groups in total. The first kappa shape index (κ1) is 40.4. The van der Waals surface area contributed by atoms with E-state index in [1.165, 1.54) is 22.3 Å². The Morgan fingerprint density at radius 2 is 0.739 bits per heavy atom. The van der Waals surface area contributed by atoms with Gasteiger partial charge in [0.1, 0.15) is 0 Å². The van der Waals surface area contributed by atoms with Crippen LogP contribution in [-0.4, -0.2) is 0 Å². The third kappa shape index (κ3) is 6.75. The van der Waals surface area contributed by atoms with E-state index in [0.717, 1.165) is 77.9 Å². The smallest absolute Gasteiger partial charge is 0.179 e. The van der Waals surface area contributed by atoms with Crippen LogP contribution in [0.4, 0.5) is 34.1 Å². The van der Waals surface area contributed by atoms with Gasteiger partial charge in [0.25, 0.3) is 0 Å². The second-order valence-corrected chi connectivity index (χ2v) is 18.5. The van der Waals surface area contributed by atoms with Crippen molar-refractivity contribution in [2.45, 2.75) is 19.3 Å². The molecule has 0 bridgehead atoms. The molecule has 1 heterocycles. The zero-order chi connectivity index (χ0) is 46.1. The summed E-state index contributed by atoms with van der Waals surface area (Å²) in [5, 5.41) is 4.44. The number of anilines is 6. The van der Waals surface area contributed by atoms with Crippen molar-refractivity contribution >= 4 is 55.7 Å². The van der Waals surface area contributed by atoms with Crippen molar-refractivity contribution in [1.29, 1.82) is 0 Å². The molecule has 328 valence electrons. The van der Waals surface area contributed by atoms with E-state index in [4.69, 9.17) is 9.47 Å². The van der Waals surface area contributed by atoms with Crippen LogP contribution in [0.25, 0.3) is 54.9 Å². The number of ether oxygens (including phenoxy) is 2. The van der Waals surface area contributed by atoms with Crippen LogP contribution in [0, 0.1) is 0 Å². The quantitative estimate of drug-likeness (QED) is 0.152. The Morgan fingerprint density at radius 1 is 0.319 bits per heavy atom. The summed E-state index contributed by atoms with van der Waals surface area (Å²) in [7, 11) is 0. The fourth-order valence-corrected chi connectivity index (χ4v) is 10.8. The Labute approximate surface area is 402 Å². The molecule has 0 unspecified atom stereocenters. The van der Waals surface area contributed by atoms with Crippen LogP contribution in [0.5, 0.6) is 23.0 Å². The molecular weight excluding hydrogens is 841 g/mol. The summed E-state index contributed by atoms with van der Waals surface area (Å²) in [4.78, 5) is 4.66. The SMILES string of the molecule is CC1(C)c2ccccc2-c2ccc(N(c3ccccc3)c3ccc(-c4c5c(c(-c6ccc7cc(N(c8ccccc8)c8ccccc8)ccc7c6)c6ccccc46)Oc4ccccc4O5)cc3)cc21. The molecule has 0 radical (unpaired) electrons. The van der Waals surface area contributed by atoms with E-state index in [1.54, 1.807) is 0 Å². The highest BCUT2D eigenvalue weighted by Gasteiger charge is 2.36. The minimum atomic E-state index is -0.120. The van der Waals surface area contributed by atoms with Gasteiger partial charge in [-0.25, -0.2) is 0 Å². The first-order valence-corrected chi connectivity index (χ1v) is 23.7. The summed E-state index contributed by atoms with van der Waals surface area (Å²) in [5.41, 5.74) is 15.8. The highest BCUT2D eigenvalue weighted by Crippen LogP contribution is 2.58. The Hall–Kier alpha value is -8.86. The monoisotopic (exact) mass is 886 g/mol. The predicted octanol–water partition coefficient (Wildman–Crippen LogP) is 18.5. The maximum Gasteiger partial charge on any atom is 0.179 e. The highest BCUT2D eigenvalue weighted by atomic mass is 16.6. The van der Waals surface area contributed by atoms with Gasteiger partial charge in [0.2, 0.25) is 0 Å². The van der Waals surface area contributed by atoms with Gasteiger partial charge in [-0.3, -0.25) is 0 Å². The number of nitrogens with zero attached hydrogens (tertiary/aromatic N) is 2. The van der Waals surface area contributed by atoms with Gasteiger partial charge in [-0.2, -0.15) is 0 Å². The standard InChI is InChI=1S/C65H46N2O2/c1-65(2)57-27-15-14-24-53(57)54-39-38-52(42-58(54)65)67(49-22-10-5-11-23-49)50-35-32-43(33-36-50)61-55-25-12-13-26-56(55)62(64-63(61)68-59-28-16-17-29-60(59)69-64)46-31-30-45-41-51(37-34-44(45)40-46)66(47-18-6-3-7-19-47)48-20-8-4-9-21-48/h3-42H,1-2H3. The van der Waals surface area contributed by atoms with Crippen molar-refractivity contribution in [3.05, 3.63) is 254 Å². The van der Waals surface area contributed by atoms with Gasteiger partial charge in [-0.1, -0.05) is 166 Å². The lowest BCUT2D eigenvalue weighted by atomic mass is 9.82. The predicted molar refractivity (Wildman–Crippen MR) is 286 cm³/mol. The highest BCUT2D eigenvalue weighted by molar-refractivity contribution is 6.12. The van der Waals surface area contributed by atoms with Gasteiger partial charge in [-0.05, 0) is 146 Å². The lowest BCUT2D eigenvalue weighted by Crippen LogP contribution is -2.16. The molecule has 0 spiro atoms. The Balaban J connectivity index is 0.933. The van der Waals surface area contributed by atoms with E-state index >= 15 is 0 Å². The molecule has 2 aliphatic rings. The number of benzene rings is 11. The summed E-state index contributed by atoms with van der Waals surface area (Å²) in [5.74, 6) is 2.78. The number of para-hydroxylation sites is 5. The number of fused-ring (bicyclic) bond motifs is 7. The van der Waals surface area contributed by atoms with Crippen LogP contribution in [0.1, 0.15) is 25.0 Å². The normalized spacial score (nSPS) is 12.8. The van der Waals surface area contributed by atoms with Gasteiger partial charge in [0, 0.05) is 50.7 Å².